The summed E-state index contributed by atoms with van der Waals surface area (Å²) in [4.78, 5) is 4.74. The molecule has 0 saturated heterocycles. The fourth-order valence-corrected chi connectivity index (χ4v) is 2.39. The number of para-hydroxylation sites is 1. The first-order valence-corrected chi connectivity index (χ1v) is 7.17. The van der Waals surface area contributed by atoms with Gasteiger partial charge in [0.05, 0.1) is 11.4 Å². The molecule has 0 bridgehead atoms. The van der Waals surface area contributed by atoms with Gasteiger partial charge < -0.3 is 15.8 Å². The SMILES string of the molecule is CCc1ccccc1N=C1Nc2ccc(N)cc2OC1C. The third-order valence-corrected chi connectivity index (χ3v) is 3.57. The zero-order valence-corrected chi connectivity index (χ0v) is 12.3. The zero-order valence-electron chi connectivity index (χ0n) is 12.3. The van der Waals surface area contributed by atoms with E-state index in [0.717, 1.165) is 29.4 Å². The third-order valence-electron chi connectivity index (χ3n) is 3.57. The lowest BCUT2D eigenvalue weighted by Gasteiger charge is -2.26. The number of benzene rings is 2. The average Bonchev–Trinajstić information content (AvgIpc) is 2.49. The van der Waals surface area contributed by atoms with Crippen LogP contribution in [0.1, 0.15) is 19.4 Å². The average molecular weight is 281 g/mol. The summed E-state index contributed by atoms with van der Waals surface area (Å²) < 4.78 is 5.90. The number of hydrogen-bond acceptors (Lipinski definition) is 3. The van der Waals surface area contributed by atoms with E-state index in [1.165, 1.54) is 5.56 Å². The lowest BCUT2D eigenvalue weighted by molar-refractivity contribution is 0.283. The van der Waals surface area contributed by atoms with Crippen LogP contribution in [0.3, 0.4) is 0 Å². The van der Waals surface area contributed by atoms with Crippen LogP contribution in [0.4, 0.5) is 17.1 Å². The molecular formula is C17H19N3O. The lowest BCUT2D eigenvalue weighted by Crippen LogP contribution is -2.34. The van der Waals surface area contributed by atoms with Crippen LogP contribution in [0.5, 0.6) is 5.75 Å². The number of rotatable bonds is 2. The van der Waals surface area contributed by atoms with Gasteiger partial charge in [-0.05, 0) is 37.1 Å². The lowest BCUT2D eigenvalue weighted by atomic mass is 10.1. The minimum absolute atomic E-state index is 0.135. The van der Waals surface area contributed by atoms with Crippen LogP contribution in [-0.2, 0) is 6.42 Å². The van der Waals surface area contributed by atoms with E-state index in [0.29, 0.717) is 5.69 Å². The molecule has 0 spiro atoms. The van der Waals surface area contributed by atoms with Crippen LogP contribution in [0, 0.1) is 0 Å². The number of ether oxygens (including phenoxy) is 1. The van der Waals surface area contributed by atoms with Crippen molar-refractivity contribution in [1.82, 2.24) is 0 Å². The quantitative estimate of drug-likeness (QED) is 0.824. The van der Waals surface area contributed by atoms with Gasteiger partial charge in [-0.25, -0.2) is 4.99 Å². The number of anilines is 2. The Kier molecular flexibility index (Phi) is 3.52. The van der Waals surface area contributed by atoms with Crippen LogP contribution < -0.4 is 15.8 Å². The van der Waals surface area contributed by atoms with Gasteiger partial charge in [0.1, 0.15) is 11.6 Å². The third kappa shape index (κ3) is 2.70. The van der Waals surface area contributed by atoms with Crippen molar-refractivity contribution in [2.24, 2.45) is 4.99 Å². The van der Waals surface area contributed by atoms with Crippen molar-refractivity contribution in [3.63, 3.8) is 0 Å². The largest absolute Gasteiger partial charge is 0.481 e. The normalized spacial score (nSPS) is 18.8. The van der Waals surface area contributed by atoms with Crippen LogP contribution in [0.2, 0.25) is 0 Å². The molecule has 1 atom stereocenters. The van der Waals surface area contributed by atoms with Crippen molar-refractivity contribution in [2.75, 3.05) is 11.1 Å². The van der Waals surface area contributed by atoms with Crippen molar-refractivity contribution < 1.29 is 4.74 Å². The van der Waals surface area contributed by atoms with Crippen molar-refractivity contribution in [3.05, 3.63) is 48.0 Å². The maximum absolute atomic E-state index is 5.90. The molecule has 4 nitrogen and oxygen atoms in total. The fraction of sp³-hybridized carbons (Fsp3) is 0.235. The first-order chi connectivity index (χ1) is 10.2. The Morgan fingerprint density at radius 3 is 2.86 bits per heavy atom. The Morgan fingerprint density at radius 2 is 2.05 bits per heavy atom. The van der Waals surface area contributed by atoms with Crippen molar-refractivity contribution in [2.45, 2.75) is 26.4 Å². The van der Waals surface area contributed by atoms with Gasteiger partial charge in [0.25, 0.3) is 0 Å². The molecule has 21 heavy (non-hydrogen) atoms. The monoisotopic (exact) mass is 281 g/mol. The number of fused-ring (bicyclic) bond motifs is 1. The summed E-state index contributed by atoms with van der Waals surface area (Å²) in [7, 11) is 0. The van der Waals surface area contributed by atoms with Crippen LogP contribution in [-0.4, -0.2) is 11.9 Å². The number of aliphatic imine (C=N–C) groups is 1. The molecule has 2 aromatic rings. The number of nitrogens with zero attached hydrogens (tertiary/aromatic N) is 1. The molecule has 1 aliphatic heterocycles. The van der Waals surface area contributed by atoms with E-state index in [9.17, 15) is 0 Å². The molecule has 0 saturated carbocycles. The molecular weight excluding hydrogens is 262 g/mol. The van der Waals surface area contributed by atoms with E-state index in [2.05, 4.69) is 18.3 Å². The van der Waals surface area contributed by atoms with Gasteiger partial charge in [0.15, 0.2) is 6.10 Å². The molecule has 0 amide bonds. The molecule has 1 unspecified atom stereocenters. The first kappa shape index (κ1) is 13.5. The highest BCUT2D eigenvalue weighted by atomic mass is 16.5. The number of nitrogens with one attached hydrogen (secondary N) is 1. The second kappa shape index (κ2) is 5.48. The van der Waals surface area contributed by atoms with Crippen LogP contribution >= 0.6 is 0 Å². The zero-order chi connectivity index (χ0) is 14.8. The number of aryl methyl sites for hydroxylation is 1. The summed E-state index contributed by atoms with van der Waals surface area (Å²) in [5, 5.41) is 3.34. The minimum atomic E-state index is -0.135. The van der Waals surface area contributed by atoms with E-state index in [4.69, 9.17) is 15.5 Å². The van der Waals surface area contributed by atoms with E-state index in [1.807, 2.05) is 43.3 Å². The van der Waals surface area contributed by atoms with Gasteiger partial charge >= 0.3 is 0 Å². The molecule has 4 heteroatoms. The molecule has 2 aromatic carbocycles. The van der Waals surface area contributed by atoms with Gasteiger partial charge in [-0.3, -0.25) is 0 Å². The molecule has 3 rings (SSSR count). The maximum Gasteiger partial charge on any atom is 0.153 e. The van der Waals surface area contributed by atoms with Gasteiger partial charge in [0, 0.05) is 11.8 Å². The number of nitrogens with two attached hydrogens (primary N) is 1. The molecule has 108 valence electrons. The molecule has 1 heterocycles. The fourth-order valence-electron chi connectivity index (χ4n) is 2.39. The number of hydrogen-bond donors (Lipinski definition) is 2. The standard InChI is InChI=1S/C17H19N3O/c1-3-12-6-4-5-7-14(12)19-17-11(2)21-16-10-13(18)8-9-15(16)20-17/h4-11H,3,18H2,1-2H3,(H,19,20). The molecule has 3 N–H and O–H groups in total. The molecule has 1 aliphatic rings. The highest BCUT2D eigenvalue weighted by Crippen LogP contribution is 2.32. The number of nitrogen functional groups attached to an aromatic ring is 1. The van der Waals surface area contributed by atoms with Gasteiger partial charge in [0.2, 0.25) is 0 Å². The summed E-state index contributed by atoms with van der Waals surface area (Å²) in [5.74, 6) is 1.58. The topological polar surface area (TPSA) is 59.6 Å². The van der Waals surface area contributed by atoms with E-state index < -0.39 is 0 Å². The predicted molar refractivity (Wildman–Crippen MR) is 87.5 cm³/mol. The van der Waals surface area contributed by atoms with Gasteiger partial charge in [-0.2, -0.15) is 0 Å². The molecule has 0 fully saturated rings. The van der Waals surface area contributed by atoms with Gasteiger partial charge in [-0.15, -0.1) is 0 Å². The summed E-state index contributed by atoms with van der Waals surface area (Å²) in [6.07, 6.45) is 0.819. The highest BCUT2D eigenvalue weighted by Gasteiger charge is 2.22. The first-order valence-electron chi connectivity index (χ1n) is 7.17. The van der Waals surface area contributed by atoms with E-state index >= 15 is 0 Å². The summed E-state index contributed by atoms with van der Waals surface area (Å²) in [6, 6.07) is 13.8. The Balaban J connectivity index is 1.96. The molecule has 0 aromatic heterocycles. The van der Waals surface area contributed by atoms with Crippen LogP contribution in [0.15, 0.2) is 47.5 Å². The second-order valence-electron chi connectivity index (χ2n) is 5.12. The van der Waals surface area contributed by atoms with E-state index in [1.54, 1.807) is 0 Å². The maximum atomic E-state index is 5.90. The second-order valence-corrected chi connectivity index (χ2v) is 5.12. The Hall–Kier alpha value is -2.49. The predicted octanol–water partition coefficient (Wildman–Crippen LogP) is 3.75. The van der Waals surface area contributed by atoms with Crippen molar-refractivity contribution in [1.29, 1.82) is 0 Å². The highest BCUT2D eigenvalue weighted by molar-refractivity contribution is 6.03. The summed E-state index contributed by atoms with van der Waals surface area (Å²) >= 11 is 0. The molecule has 0 radical (unpaired) electrons. The smallest absolute Gasteiger partial charge is 0.153 e. The number of amidine groups is 1. The van der Waals surface area contributed by atoms with Gasteiger partial charge in [-0.1, -0.05) is 25.1 Å². The summed E-state index contributed by atoms with van der Waals surface area (Å²) in [5.41, 5.74) is 9.58. The Labute approximate surface area is 124 Å². The van der Waals surface area contributed by atoms with E-state index in [-0.39, 0.29) is 6.10 Å². The van der Waals surface area contributed by atoms with Crippen molar-refractivity contribution in [3.8, 4) is 5.75 Å². The Morgan fingerprint density at radius 1 is 1.24 bits per heavy atom. The van der Waals surface area contributed by atoms with Crippen molar-refractivity contribution >= 4 is 22.9 Å². The summed E-state index contributed by atoms with van der Waals surface area (Å²) in [6.45, 7) is 4.11. The Bertz CT molecular complexity index is 694. The minimum Gasteiger partial charge on any atom is -0.481 e. The van der Waals surface area contributed by atoms with Crippen LogP contribution in [0.25, 0.3) is 0 Å². The molecule has 0 aliphatic carbocycles.